The maximum atomic E-state index is 13.7. The van der Waals surface area contributed by atoms with Crippen molar-refractivity contribution in [2.45, 2.75) is 0 Å². The molecule has 110 valence electrons. The Hall–Kier alpha value is -2.76. The summed E-state index contributed by atoms with van der Waals surface area (Å²) in [4.78, 5) is 12.0. The number of carbonyl (C=O) groups excluding carboxylic acids is 1. The summed E-state index contributed by atoms with van der Waals surface area (Å²) < 4.78 is 23.9. The van der Waals surface area contributed by atoms with E-state index in [0.717, 1.165) is 6.07 Å². The highest BCUT2D eigenvalue weighted by Gasteiger charge is 2.13. The Bertz CT molecular complexity index is 674. The van der Waals surface area contributed by atoms with Gasteiger partial charge < -0.3 is 20.5 Å². The Morgan fingerprint density at radius 1 is 1.10 bits per heavy atom. The molecule has 0 saturated carbocycles. The average Bonchev–Trinajstić information content (AvgIpc) is 2.46. The molecule has 1 amide bonds. The summed E-state index contributed by atoms with van der Waals surface area (Å²) in [6, 6.07) is 8.77. The highest BCUT2D eigenvalue weighted by molar-refractivity contribution is 6.04. The van der Waals surface area contributed by atoms with Gasteiger partial charge in [0.25, 0.3) is 5.91 Å². The van der Waals surface area contributed by atoms with Crippen LogP contribution in [0.5, 0.6) is 11.5 Å². The highest BCUT2D eigenvalue weighted by Crippen LogP contribution is 2.30. The van der Waals surface area contributed by atoms with Gasteiger partial charge in [0.2, 0.25) is 0 Å². The van der Waals surface area contributed by atoms with Gasteiger partial charge in [-0.05, 0) is 30.3 Å². The second-order valence-corrected chi connectivity index (χ2v) is 4.26. The maximum absolute atomic E-state index is 13.7. The van der Waals surface area contributed by atoms with Gasteiger partial charge in [0, 0.05) is 17.4 Å². The number of nitrogen functional groups attached to an aromatic ring is 1. The average molecular weight is 290 g/mol. The van der Waals surface area contributed by atoms with Gasteiger partial charge >= 0.3 is 0 Å². The van der Waals surface area contributed by atoms with Crippen molar-refractivity contribution in [2.24, 2.45) is 0 Å². The van der Waals surface area contributed by atoms with Crippen LogP contribution in [0.3, 0.4) is 0 Å². The lowest BCUT2D eigenvalue weighted by Gasteiger charge is -2.11. The summed E-state index contributed by atoms with van der Waals surface area (Å²) >= 11 is 0. The van der Waals surface area contributed by atoms with Crippen molar-refractivity contribution in [3.8, 4) is 11.5 Å². The number of rotatable bonds is 4. The molecule has 0 radical (unpaired) electrons. The third kappa shape index (κ3) is 3.22. The minimum Gasteiger partial charge on any atom is -0.493 e. The molecule has 2 rings (SSSR count). The molecule has 0 aromatic heterocycles. The summed E-state index contributed by atoms with van der Waals surface area (Å²) in [6.07, 6.45) is 0. The fourth-order valence-corrected chi connectivity index (χ4v) is 1.83. The zero-order valence-corrected chi connectivity index (χ0v) is 11.6. The highest BCUT2D eigenvalue weighted by atomic mass is 19.1. The predicted molar refractivity (Wildman–Crippen MR) is 78.3 cm³/mol. The third-order valence-electron chi connectivity index (χ3n) is 2.88. The number of carbonyl (C=O) groups is 1. The smallest absolute Gasteiger partial charge is 0.258 e. The van der Waals surface area contributed by atoms with Crippen LogP contribution < -0.4 is 20.5 Å². The van der Waals surface area contributed by atoms with Crippen molar-refractivity contribution >= 4 is 17.3 Å². The monoisotopic (exact) mass is 290 g/mol. The van der Waals surface area contributed by atoms with E-state index in [4.69, 9.17) is 15.2 Å². The van der Waals surface area contributed by atoms with Crippen LogP contribution in [-0.4, -0.2) is 20.1 Å². The number of amides is 1. The quantitative estimate of drug-likeness (QED) is 0.849. The largest absolute Gasteiger partial charge is 0.493 e. The molecule has 0 bridgehead atoms. The lowest BCUT2D eigenvalue weighted by molar-refractivity contribution is 0.102. The molecule has 0 unspecified atom stereocenters. The van der Waals surface area contributed by atoms with Gasteiger partial charge in [0.15, 0.2) is 11.5 Å². The molecule has 0 aliphatic rings. The fraction of sp³-hybridized carbons (Fsp3) is 0.133. The molecule has 0 heterocycles. The number of anilines is 2. The van der Waals surface area contributed by atoms with E-state index in [1.54, 1.807) is 18.2 Å². The normalized spacial score (nSPS) is 10.0. The lowest BCUT2D eigenvalue weighted by Crippen LogP contribution is -2.14. The van der Waals surface area contributed by atoms with E-state index in [2.05, 4.69) is 5.32 Å². The first-order valence-corrected chi connectivity index (χ1v) is 6.13. The third-order valence-corrected chi connectivity index (χ3v) is 2.88. The molecule has 3 N–H and O–H groups in total. The molecule has 5 nitrogen and oxygen atoms in total. The van der Waals surface area contributed by atoms with Crippen molar-refractivity contribution in [1.82, 2.24) is 0 Å². The Morgan fingerprint density at radius 2 is 1.81 bits per heavy atom. The van der Waals surface area contributed by atoms with Crippen LogP contribution in [0.15, 0.2) is 36.4 Å². The first-order valence-electron chi connectivity index (χ1n) is 6.13. The van der Waals surface area contributed by atoms with Crippen molar-refractivity contribution in [1.29, 1.82) is 0 Å². The van der Waals surface area contributed by atoms with E-state index >= 15 is 0 Å². The van der Waals surface area contributed by atoms with Gasteiger partial charge in [0.1, 0.15) is 5.82 Å². The van der Waals surface area contributed by atoms with Gasteiger partial charge in [0.05, 0.1) is 19.8 Å². The van der Waals surface area contributed by atoms with Crippen LogP contribution in [0.4, 0.5) is 15.8 Å². The van der Waals surface area contributed by atoms with Crippen molar-refractivity contribution < 1.29 is 18.7 Å². The van der Waals surface area contributed by atoms with Gasteiger partial charge in [-0.3, -0.25) is 4.79 Å². The second-order valence-electron chi connectivity index (χ2n) is 4.26. The molecule has 21 heavy (non-hydrogen) atoms. The fourth-order valence-electron chi connectivity index (χ4n) is 1.83. The van der Waals surface area contributed by atoms with Crippen LogP contribution in [0.2, 0.25) is 0 Å². The molecule has 0 fully saturated rings. The maximum Gasteiger partial charge on any atom is 0.258 e. The van der Waals surface area contributed by atoms with E-state index in [9.17, 15) is 9.18 Å². The molecule has 0 aliphatic heterocycles. The number of nitrogens with two attached hydrogens (primary N) is 1. The Balaban J connectivity index is 2.23. The van der Waals surface area contributed by atoms with Crippen LogP contribution in [0.25, 0.3) is 0 Å². The molecule has 0 saturated heterocycles. The van der Waals surface area contributed by atoms with E-state index in [-0.39, 0.29) is 11.3 Å². The number of halogens is 1. The Labute approximate surface area is 121 Å². The van der Waals surface area contributed by atoms with Gasteiger partial charge in [-0.2, -0.15) is 0 Å². The molecule has 0 atom stereocenters. The zero-order valence-electron chi connectivity index (χ0n) is 11.6. The van der Waals surface area contributed by atoms with Gasteiger partial charge in [-0.15, -0.1) is 0 Å². The summed E-state index contributed by atoms with van der Waals surface area (Å²) in [6.45, 7) is 0. The van der Waals surface area contributed by atoms with Crippen LogP contribution in [0, 0.1) is 5.82 Å². The molecule has 2 aromatic rings. The lowest BCUT2D eigenvalue weighted by atomic mass is 10.1. The van der Waals surface area contributed by atoms with Crippen LogP contribution >= 0.6 is 0 Å². The van der Waals surface area contributed by atoms with E-state index in [1.807, 2.05) is 0 Å². The SMILES string of the molecule is COc1ccc(NC(=O)c2ccc(N)cc2F)cc1OC. The minimum absolute atomic E-state index is 0.0843. The van der Waals surface area contributed by atoms with Crippen molar-refractivity contribution in [3.05, 3.63) is 47.8 Å². The van der Waals surface area contributed by atoms with Crippen molar-refractivity contribution in [2.75, 3.05) is 25.3 Å². The van der Waals surface area contributed by atoms with E-state index in [1.165, 1.54) is 26.4 Å². The number of hydrogen-bond donors (Lipinski definition) is 2. The van der Waals surface area contributed by atoms with Crippen molar-refractivity contribution in [3.63, 3.8) is 0 Å². The minimum atomic E-state index is -0.673. The second kappa shape index (κ2) is 6.13. The molecule has 6 heteroatoms. The molecular formula is C15H15FN2O3. The summed E-state index contributed by atoms with van der Waals surface area (Å²) in [5, 5.41) is 2.59. The summed E-state index contributed by atoms with van der Waals surface area (Å²) in [5.41, 5.74) is 6.09. The first kappa shape index (κ1) is 14.6. The zero-order chi connectivity index (χ0) is 15.4. The number of benzene rings is 2. The first-order chi connectivity index (χ1) is 10.0. The van der Waals surface area contributed by atoms with Crippen LogP contribution in [-0.2, 0) is 0 Å². The van der Waals surface area contributed by atoms with Gasteiger partial charge in [-0.25, -0.2) is 4.39 Å². The summed E-state index contributed by atoms with van der Waals surface area (Å²) in [5.74, 6) is -0.241. The Morgan fingerprint density at radius 3 is 2.43 bits per heavy atom. The predicted octanol–water partition coefficient (Wildman–Crippen LogP) is 2.68. The van der Waals surface area contributed by atoms with Gasteiger partial charge in [-0.1, -0.05) is 0 Å². The number of hydrogen-bond acceptors (Lipinski definition) is 4. The Kier molecular flexibility index (Phi) is 4.27. The van der Waals surface area contributed by atoms with Crippen LogP contribution in [0.1, 0.15) is 10.4 Å². The number of ether oxygens (including phenoxy) is 2. The molecule has 0 aliphatic carbocycles. The molecule has 0 spiro atoms. The standard InChI is InChI=1S/C15H15FN2O3/c1-20-13-6-4-10(8-14(13)21-2)18-15(19)11-5-3-9(17)7-12(11)16/h3-8H,17H2,1-2H3,(H,18,19). The summed E-state index contributed by atoms with van der Waals surface area (Å²) in [7, 11) is 3.00. The number of methoxy groups -OCH3 is 2. The number of nitrogens with one attached hydrogen (secondary N) is 1. The topological polar surface area (TPSA) is 73.6 Å². The van der Waals surface area contributed by atoms with E-state index < -0.39 is 11.7 Å². The molecule has 2 aromatic carbocycles. The van der Waals surface area contributed by atoms with E-state index in [0.29, 0.717) is 17.2 Å². The molecular weight excluding hydrogens is 275 g/mol.